The summed E-state index contributed by atoms with van der Waals surface area (Å²) in [7, 11) is 0. The van der Waals surface area contributed by atoms with Crippen molar-refractivity contribution in [1.29, 1.82) is 0 Å². The number of rotatable bonds is 3. The SMILES string of the molecule is CCOC(=O)c1ccc(N2C(=O)[C@@H]3[C@@H](Sc4[nH]c(=O)sc4C3(C)C)C2=O)cc1. The first-order valence-electron chi connectivity index (χ1n) is 8.81. The van der Waals surface area contributed by atoms with Crippen molar-refractivity contribution in [1.82, 2.24) is 4.98 Å². The van der Waals surface area contributed by atoms with E-state index in [2.05, 4.69) is 4.98 Å². The molecule has 0 spiro atoms. The molecule has 4 rings (SSSR count). The number of esters is 1. The fourth-order valence-electron chi connectivity index (χ4n) is 3.76. The van der Waals surface area contributed by atoms with E-state index in [-0.39, 0.29) is 23.3 Å². The van der Waals surface area contributed by atoms with Crippen LogP contribution in [0.25, 0.3) is 0 Å². The first-order valence-corrected chi connectivity index (χ1v) is 10.5. The topological polar surface area (TPSA) is 96.5 Å². The van der Waals surface area contributed by atoms with E-state index in [1.807, 2.05) is 13.8 Å². The van der Waals surface area contributed by atoms with Crippen LogP contribution >= 0.6 is 23.1 Å². The van der Waals surface area contributed by atoms with E-state index in [4.69, 9.17) is 4.74 Å². The highest BCUT2D eigenvalue weighted by Crippen LogP contribution is 2.53. The molecule has 0 aliphatic carbocycles. The summed E-state index contributed by atoms with van der Waals surface area (Å²) in [5, 5.41) is 0.0758. The lowest BCUT2D eigenvalue weighted by Gasteiger charge is -2.36. The maximum absolute atomic E-state index is 13.2. The summed E-state index contributed by atoms with van der Waals surface area (Å²) < 4.78 is 4.96. The van der Waals surface area contributed by atoms with Crippen LogP contribution in [0.4, 0.5) is 5.69 Å². The van der Waals surface area contributed by atoms with E-state index < -0.39 is 22.6 Å². The molecule has 1 aromatic heterocycles. The highest BCUT2D eigenvalue weighted by atomic mass is 32.2. The number of fused-ring (bicyclic) bond motifs is 2. The Morgan fingerprint density at radius 3 is 2.50 bits per heavy atom. The lowest BCUT2D eigenvalue weighted by Crippen LogP contribution is -2.41. The number of nitrogens with one attached hydrogen (secondary N) is 1. The number of imide groups is 1. The zero-order valence-electron chi connectivity index (χ0n) is 15.5. The standard InChI is InChI=1S/C19H18N2O5S2/c1-4-26-17(24)9-5-7-10(8-6-9)21-15(22)11-12(16(21)23)27-14-13(19(11,2)3)28-18(25)20-14/h5-8,11-12H,4H2,1-3H3,(H,20,25)/t11-,12+/m0/s1. The van der Waals surface area contributed by atoms with Gasteiger partial charge in [-0.25, -0.2) is 9.69 Å². The van der Waals surface area contributed by atoms with Crippen molar-refractivity contribution in [2.45, 2.75) is 36.5 Å². The third kappa shape index (κ3) is 2.72. The van der Waals surface area contributed by atoms with Crippen molar-refractivity contribution in [3.05, 3.63) is 44.4 Å². The van der Waals surface area contributed by atoms with Crippen LogP contribution in [0.15, 0.2) is 34.1 Å². The average Bonchev–Trinajstić information content (AvgIpc) is 3.14. The van der Waals surface area contributed by atoms with E-state index >= 15 is 0 Å². The number of ether oxygens (including phenoxy) is 1. The minimum atomic E-state index is -0.637. The predicted molar refractivity (Wildman–Crippen MR) is 106 cm³/mol. The molecule has 7 nitrogen and oxygen atoms in total. The van der Waals surface area contributed by atoms with Crippen molar-refractivity contribution in [2.75, 3.05) is 11.5 Å². The second-order valence-electron chi connectivity index (χ2n) is 7.19. The molecule has 1 saturated heterocycles. The van der Waals surface area contributed by atoms with Gasteiger partial charge in [-0.1, -0.05) is 36.9 Å². The zero-order valence-corrected chi connectivity index (χ0v) is 17.1. The van der Waals surface area contributed by atoms with Gasteiger partial charge in [-0.05, 0) is 31.2 Å². The number of thiazole rings is 1. The van der Waals surface area contributed by atoms with Gasteiger partial charge in [-0.15, -0.1) is 0 Å². The van der Waals surface area contributed by atoms with E-state index in [0.29, 0.717) is 16.3 Å². The van der Waals surface area contributed by atoms with Gasteiger partial charge in [0.1, 0.15) is 5.25 Å². The van der Waals surface area contributed by atoms with E-state index in [0.717, 1.165) is 16.2 Å². The van der Waals surface area contributed by atoms with Gasteiger partial charge in [0.2, 0.25) is 11.8 Å². The number of carbonyl (C=O) groups excluding carboxylic acids is 3. The molecule has 2 aliphatic rings. The zero-order chi connectivity index (χ0) is 20.2. The van der Waals surface area contributed by atoms with Crippen LogP contribution in [0, 0.1) is 5.92 Å². The Bertz CT molecular complexity index is 1040. The van der Waals surface area contributed by atoms with E-state index in [1.54, 1.807) is 31.2 Å². The third-order valence-electron chi connectivity index (χ3n) is 5.11. The number of anilines is 1. The first kappa shape index (κ1) is 18.9. The predicted octanol–water partition coefficient (Wildman–Crippen LogP) is 2.55. The number of carbonyl (C=O) groups is 3. The van der Waals surface area contributed by atoms with Gasteiger partial charge in [0.15, 0.2) is 0 Å². The van der Waals surface area contributed by atoms with Crippen molar-refractivity contribution in [3.63, 3.8) is 0 Å². The molecule has 1 aromatic carbocycles. The van der Waals surface area contributed by atoms with Crippen molar-refractivity contribution in [3.8, 4) is 0 Å². The number of amides is 2. The Kier molecular flexibility index (Phi) is 4.46. The minimum Gasteiger partial charge on any atom is -0.462 e. The number of benzene rings is 1. The number of thioether (sulfide) groups is 1. The molecule has 0 unspecified atom stereocenters. The quantitative estimate of drug-likeness (QED) is 0.608. The molecule has 0 bridgehead atoms. The van der Waals surface area contributed by atoms with Crippen LogP contribution in [0.3, 0.4) is 0 Å². The maximum atomic E-state index is 13.2. The molecule has 28 heavy (non-hydrogen) atoms. The summed E-state index contributed by atoms with van der Waals surface area (Å²) in [6, 6.07) is 6.24. The molecule has 2 aliphatic heterocycles. The van der Waals surface area contributed by atoms with Crippen LogP contribution in [-0.4, -0.2) is 34.6 Å². The Balaban J connectivity index is 1.69. The van der Waals surface area contributed by atoms with Crippen LogP contribution in [0.1, 0.15) is 36.0 Å². The molecule has 2 aromatic rings. The largest absolute Gasteiger partial charge is 0.462 e. The second-order valence-corrected chi connectivity index (χ2v) is 9.32. The lowest BCUT2D eigenvalue weighted by atomic mass is 9.76. The smallest absolute Gasteiger partial charge is 0.338 e. The van der Waals surface area contributed by atoms with Gasteiger partial charge in [0, 0.05) is 10.3 Å². The number of aromatic nitrogens is 1. The number of hydrogen-bond donors (Lipinski definition) is 1. The number of hydrogen-bond acceptors (Lipinski definition) is 7. The van der Waals surface area contributed by atoms with E-state index in [1.165, 1.54) is 16.7 Å². The van der Waals surface area contributed by atoms with Crippen molar-refractivity contribution in [2.24, 2.45) is 5.92 Å². The van der Waals surface area contributed by atoms with Gasteiger partial charge in [-0.2, -0.15) is 0 Å². The van der Waals surface area contributed by atoms with Gasteiger partial charge >= 0.3 is 10.8 Å². The minimum absolute atomic E-state index is 0.183. The molecule has 146 valence electrons. The van der Waals surface area contributed by atoms with Gasteiger partial charge in [0.05, 0.1) is 28.8 Å². The molecule has 0 radical (unpaired) electrons. The van der Waals surface area contributed by atoms with Crippen LogP contribution in [-0.2, 0) is 19.7 Å². The monoisotopic (exact) mass is 418 g/mol. The average molecular weight is 418 g/mol. The fraction of sp³-hybridized carbons (Fsp3) is 0.368. The highest BCUT2D eigenvalue weighted by Gasteiger charge is 2.59. The summed E-state index contributed by atoms with van der Waals surface area (Å²) in [6.07, 6.45) is 0. The molecule has 1 fully saturated rings. The molecular formula is C19H18N2O5S2. The summed E-state index contributed by atoms with van der Waals surface area (Å²) in [4.78, 5) is 54.5. The normalized spacial score (nSPS) is 22.8. The molecule has 1 N–H and O–H groups in total. The molecule has 0 saturated carbocycles. The molecule has 9 heteroatoms. The highest BCUT2D eigenvalue weighted by molar-refractivity contribution is 8.00. The summed E-state index contributed by atoms with van der Waals surface area (Å²) in [5.74, 6) is -1.61. The summed E-state index contributed by atoms with van der Waals surface area (Å²) >= 11 is 2.34. The molecule has 2 atom stereocenters. The fourth-order valence-corrected chi connectivity index (χ4v) is 6.54. The first-order chi connectivity index (χ1) is 13.3. The van der Waals surface area contributed by atoms with Crippen LogP contribution in [0.5, 0.6) is 0 Å². The Hall–Kier alpha value is -2.39. The molecule has 3 heterocycles. The summed E-state index contributed by atoms with van der Waals surface area (Å²) in [5.41, 5.74) is 0.142. The van der Waals surface area contributed by atoms with Gasteiger partial charge in [-0.3, -0.25) is 14.4 Å². The number of H-pyrrole nitrogens is 1. The molecule has 2 amide bonds. The van der Waals surface area contributed by atoms with Crippen LogP contribution in [0.2, 0.25) is 0 Å². The second kappa shape index (κ2) is 6.59. The number of nitrogens with zero attached hydrogens (tertiary/aromatic N) is 1. The Labute approximate surface area is 169 Å². The Morgan fingerprint density at radius 2 is 1.86 bits per heavy atom. The van der Waals surface area contributed by atoms with Crippen molar-refractivity contribution < 1.29 is 19.1 Å². The summed E-state index contributed by atoms with van der Waals surface area (Å²) in [6.45, 7) is 5.78. The maximum Gasteiger partial charge on any atom is 0.338 e. The van der Waals surface area contributed by atoms with Crippen LogP contribution < -0.4 is 9.77 Å². The molecular weight excluding hydrogens is 400 g/mol. The van der Waals surface area contributed by atoms with Gasteiger partial charge in [0.25, 0.3) is 0 Å². The van der Waals surface area contributed by atoms with Gasteiger partial charge < -0.3 is 9.72 Å². The lowest BCUT2D eigenvalue weighted by molar-refractivity contribution is -0.123. The third-order valence-corrected chi connectivity index (χ3v) is 7.73. The number of aromatic amines is 1. The van der Waals surface area contributed by atoms with Crippen molar-refractivity contribution >= 4 is 46.6 Å². The Morgan fingerprint density at radius 1 is 1.18 bits per heavy atom. The van der Waals surface area contributed by atoms with E-state index in [9.17, 15) is 19.2 Å².